The van der Waals surface area contributed by atoms with Crippen LogP contribution in [0.4, 0.5) is 0 Å². The molecule has 14 heavy (non-hydrogen) atoms. The van der Waals surface area contributed by atoms with Crippen LogP contribution in [-0.4, -0.2) is 0 Å². The number of hydrogen-bond donors (Lipinski definition) is 0. The molecule has 0 aliphatic heterocycles. The molecule has 0 unspecified atom stereocenters. The highest BCUT2D eigenvalue weighted by atomic mass is 35.5. The largest absolute Gasteiger partial charge is 0.198 e. The van der Waals surface area contributed by atoms with Crippen molar-refractivity contribution in [2.24, 2.45) is 5.41 Å². The Kier molecular flexibility index (Phi) is 2.43. The second-order valence-electron chi connectivity index (χ2n) is 3.80. The van der Waals surface area contributed by atoms with E-state index in [9.17, 15) is 0 Å². The lowest BCUT2D eigenvalue weighted by molar-refractivity contribution is 0.665. The number of benzene rings is 1. The molecular weight excluding hydrogens is 217 g/mol. The molecule has 0 radical (unpaired) electrons. The van der Waals surface area contributed by atoms with Crippen LogP contribution in [0.25, 0.3) is 0 Å². The van der Waals surface area contributed by atoms with Crippen LogP contribution >= 0.6 is 23.2 Å². The van der Waals surface area contributed by atoms with Crippen molar-refractivity contribution >= 4 is 23.2 Å². The first-order chi connectivity index (χ1) is 6.65. The van der Waals surface area contributed by atoms with Crippen molar-refractivity contribution < 1.29 is 0 Å². The highest BCUT2D eigenvalue weighted by Gasteiger charge is 2.43. The van der Waals surface area contributed by atoms with Crippen molar-refractivity contribution in [2.75, 3.05) is 0 Å². The Bertz CT molecular complexity index is 402. The lowest BCUT2D eigenvalue weighted by atomic mass is 9.98. The van der Waals surface area contributed by atoms with Gasteiger partial charge in [0.1, 0.15) is 0 Å². The average Bonchev–Trinajstić information content (AvgIpc) is 2.92. The molecule has 0 aromatic heterocycles. The smallest absolute Gasteiger partial charge is 0.0693 e. The van der Waals surface area contributed by atoms with Gasteiger partial charge in [-0.2, -0.15) is 5.26 Å². The van der Waals surface area contributed by atoms with E-state index in [1.54, 1.807) is 12.1 Å². The molecule has 0 saturated heterocycles. The Morgan fingerprint density at radius 2 is 2.07 bits per heavy atom. The van der Waals surface area contributed by atoms with E-state index in [-0.39, 0.29) is 5.41 Å². The molecule has 1 fully saturated rings. The number of halogens is 2. The first-order valence-electron chi connectivity index (χ1n) is 4.50. The van der Waals surface area contributed by atoms with Crippen LogP contribution in [0.1, 0.15) is 18.4 Å². The van der Waals surface area contributed by atoms with Crippen molar-refractivity contribution in [3.63, 3.8) is 0 Å². The molecule has 0 bridgehead atoms. The van der Waals surface area contributed by atoms with Crippen LogP contribution < -0.4 is 0 Å². The predicted molar refractivity (Wildman–Crippen MR) is 57.4 cm³/mol. The van der Waals surface area contributed by atoms with Crippen LogP contribution in [-0.2, 0) is 6.42 Å². The standard InChI is InChI=1S/C11H9Cl2N/c12-9-1-2-10(13)8(5-9)6-11(7-14)3-4-11/h1-2,5H,3-4,6H2. The Hall–Kier alpha value is -0.710. The number of nitrogens with zero attached hydrogens (tertiary/aromatic N) is 1. The van der Waals surface area contributed by atoms with E-state index < -0.39 is 0 Å². The van der Waals surface area contributed by atoms with Crippen molar-refractivity contribution in [1.82, 2.24) is 0 Å². The Balaban J connectivity index is 2.25. The van der Waals surface area contributed by atoms with Crippen molar-refractivity contribution in [3.8, 4) is 6.07 Å². The van der Waals surface area contributed by atoms with Gasteiger partial charge in [-0.25, -0.2) is 0 Å². The normalized spacial score (nSPS) is 17.5. The zero-order chi connectivity index (χ0) is 10.2. The Labute approximate surface area is 93.2 Å². The molecular formula is C11H9Cl2N. The van der Waals surface area contributed by atoms with E-state index in [0.29, 0.717) is 10.0 Å². The van der Waals surface area contributed by atoms with Gasteiger partial charge in [-0.3, -0.25) is 0 Å². The third kappa shape index (κ3) is 1.87. The summed E-state index contributed by atoms with van der Waals surface area (Å²) in [4.78, 5) is 0. The Morgan fingerprint density at radius 3 is 2.64 bits per heavy atom. The van der Waals surface area contributed by atoms with Crippen LogP contribution in [0.3, 0.4) is 0 Å². The highest BCUT2D eigenvalue weighted by Crippen LogP contribution is 2.48. The molecule has 0 amide bonds. The van der Waals surface area contributed by atoms with Gasteiger partial charge in [0, 0.05) is 10.0 Å². The van der Waals surface area contributed by atoms with Crippen LogP contribution in [0, 0.1) is 16.7 Å². The van der Waals surface area contributed by atoms with Crippen molar-refractivity contribution in [2.45, 2.75) is 19.3 Å². The molecule has 0 N–H and O–H groups in total. The number of hydrogen-bond acceptors (Lipinski definition) is 1. The summed E-state index contributed by atoms with van der Waals surface area (Å²) in [5.41, 5.74) is 0.826. The van der Waals surface area contributed by atoms with Gasteiger partial charge in [0.2, 0.25) is 0 Å². The third-order valence-electron chi connectivity index (χ3n) is 2.63. The molecule has 1 aromatic carbocycles. The van der Waals surface area contributed by atoms with E-state index >= 15 is 0 Å². The topological polar surface area (TPSA) is 23.8 Å². The molecule has 1 saturated carbocycles. The fourth-order valence-electron chi connectivity index (χ4n) is 1.52. The van der Waals surface area contributed by atoms with Gasteiger partial charge in [0.05, 0.1) is 11.5 Å². The van der Waals surface area contributed by atoms with Crippen LogP contribution in [0.15, 0.2) is 18.2 Å². The lowest BCUT2D eigenvalue weighted by Crippen LogP contribution is -2.01. The highest BCUT2D eigenvalue weighted by molar-refractivity contribution is 6.33. The molecule has 72 valence electrons. The molecule has 1 nitrogen and oxygen atoms in total. The zero-order valence-electron chi connectivity index (χ0n) is 7.56. The van der Waals surface area contributed by atoms with Gasteiger partial charge < -0.3 is 0 Å². The lowest BCUT2D eigenvalue weighted by Gasteiger charge is -2.07. The molecule has 2 rings (SSSR count). The maximum atomic E-state index is 8.95. The molecule has 3 heteroatoms. The minimum absolute atomic E-state index is 0.158. The van der Waals surface area contributed by atoms with Crippen molar-refractivity contribution in [3.05, 3.63) is 33.8 Å². The van der Waals surface area contributed by atoms with E-state index in [0.717, 1.165) is 24.8 Å². The maximum absolute atomic E-state index is 8.95. The fraction of sp³-hybridized carbons (Fsp3) is 0.364. The number of rotatable bonds is 2. The first-order valence-corrected chi connectivity index (χ1v) is 5.26. The number of nitriles is 1. The van der Waals surface area contributed by atoms with E-state index in [2.05, 4.69) is 6.07 Å². The minimum Gasteiger partial charge on any atom is -0.198 e. The summed E-state index contributed by atoms with van der Waals surface area (Å²) in [6.45, 7) is 0. The van der Waals surface area contributed by atoms with Crippen LogP contribution in [0.5, 0.6) is 0 Å². The molecule has 1 aliphatic carbocycles. The quantitative estimate of drug-likeness (QED) is 0.751. The fourth-order valence-corrected chi connectivity index (χ4v) is 1.90. The molecule has 0 heterocycles. The molecule has 1 aromatic rings. The van der Waals surface area contributed by atoms with Crippen molar-refractivity contribution in [1.29, 1.82) is 5.26 Å². The summed E-state index contributed by atoms with van der Waals surface area (Å²) in [5.74, 6) is 0. The average molecular weight is 226 g/mol. The van der Waals surface area contributed by atoms with Gasteiger partial charge in [-0.05, 0) is 43.0 Å². The van der Waals surface area contributed by atoms with E-state index in [1.807, 2.05) is 6.07 Å². The minimum atomic E-state index is -0.158. The van der Waals surface area contributed by atoms with Gasteiger partial charge >= 0.3 is 0 Å². The maximum Gasteiger partial charge on any atom is 0.0693 e. The van der Waals surface area contributed by atoms with Gasteiger partial charge in [0.15, 0.2) is 0 Å². The monoisotopic (exact) mass is 225 g/mol. The molecule has 0 spiro atoms. The summed E-state index contributed by atoms with van der Waals surface area (Å²) in [6.07, 6.45) is 2.68. The predicted octanol–water partition coefficient (Wildman–Crippen LogP) is 3.84. The van der Waals surface area contributed by atoms with Gasteiger partial charge in [-0.1, -0.05) is 23.2 Å². The summed E-state index contributed by atoms with van der Waals surface area (Å²) >= 11 is 11.9. The molecule has 1 aliphatic rings. The summed E-state index contributed by atoms with van der Waals surface area (Å²) in [7, 11) is 0. The summed E-state index contributed by atoms with van der Waals surface area (Å²) in [5, 5.41) is 10.3. The van der Waals surface area contributed by atoms with Gasteiger partial charge in [0.25, 0.3) is 0 Å². The van der Waals surface area contributed by atoms with Gasteiger partial charge in [-0.15, -0.1) is 0 Å². The SMILES string of the molecule is N#CC1(Cc2cc(Cl)ccc2Cl)CC1. The third-order valence-corrected chi connectivity index (χ3v) is 3.23. The summed E-state index contributed by atoms with van der Waals surface area (Å²) < 4.78 is 0. The van der Waals surface area contributed by atoms with Crippen LogP contribution in [0.2, 0.25) is 10.0 Å². The van der Waals surface area contributed by atoms with E-state index in [1.165, 1.54) is 0 Å². The molecule has 0 atom stereocenters. The first kappa shape index (κ1) is 9.83. The Morgan fingerprint density at radius 1 is 1.36 bits per heavy atom. The zero-order valence-corrected chi connectivity index (χ0v) is 9.07. The summed E-state index contributed by atoms with van der Waals surface area (Å²) in [6, 6.07) is 7.74. The van der Waals surface area contributed by atoms with E-state index in [4.69, 9.17) is 28.5 Å². The second kappa shape index (κ2) is 3.46. The second-order valence-corrected chi connectivity index (χ2v) is 4.65.